The summed E-state index contributed by atoms with van der Waals surface area (Å²) in [5, 5.41) is 24.1. The molecule has 4 nitrogen and oxygen atoms in total. The van der Waals surface area contributed by atoms with Gasteiger partial charge in [0, 0.05) is 6.42 Å². The lowest BCUT2D eigenvalue weighted by molar-refractivity contribution is -0.312. The molecule has 5 heteroatoms. The fourth-order valence-corrected chi connectivity index (χ4v) is 0.194. The summed E-state index contributed by atoms with van der Waals surface area (Å²) < 4.78 is 0. The summed E-state index contributed by atoms with van der Waals surface area (Å²) >= 11 is 0. The Morgan fingerprint density at radius 1 is 1.25 bits per heavy atom. The quantitative estimate of drug-likeness (QED) is 0.350. The standard InChI is InChI=1S/C3H9NO3.ClH/c4-2-1-3(5,6)7;/h5-7H,1-2,4H2;1H. The van der Waals surface area contributed by atoms with E-state index in [0.29, 0.717) is 0 Å². The van der Waals surface area contributed by atoms with Crippen LogP contribution in [0.15, 0.2) is 0 Å². The highest BCUT2D eigenvalue weighted by Crippen LogP contribution is 1.94. The van der Waals surface area contributed by atoms with Crippen LogP contribution in [0.25, 0.3) is 0 Å². The van der Waals surface area contributed by atoms with E-state index in [4.69, 9.17) is 21.1 Å². The predicted molar refractivity (Wildman–Crippen MR) is 30.3 cm³/mol. The summed E-state index contributed by atoms with van der Waals surface area (Å²) in [5.41, 5.74) is 4.83. The SMILES string of the molecule is Cl.NCCC(O)(O)O. The van der Waals surface area contributed by atoms with Gasteiger partial charge in [-0.05, 0) is 6.54 Å². The first-order valence-electron chi connectivity index (χ1n) is 1.93. The Bertz CT molecular complexity index is 53.0. The van der Waals surface area contributed by atoms with Crippen molar-refractivity contribution >= 4 is 12.4 Å². The molecule has 0 aliphatic rings. The van der Waals surface area contributed by atoms with Crippen LogP contribution >= 0.6 is 12.4 Å². The van der Waals surface area contributed by atoms with Crippen LogP contribution in [0.2, 0.25) is 0 Å². The largest absolute Gasteiger partial charge is 0.344 e. The van der Waals surface area contributed by atoms with Gasteiger partial charge in [0.2, 0.25) is 0 Å². The molecule has 0 fully saturated rings. The van der Waals surface area contributed by atoms with Crippen molar-refractivity contribution in [3.63, 3.8) is 0 Å². The zero-order chi connectivity index (χ0) is 5.91. The molecular formula is C3H10ClNO3. The van der Waals surface area contributed by atoms with Crippen LogP contribution < -0.4 is 5.73 Å². The molecule has 0 aliphatic carbocycles. The van der Waals surface area contributed by atoms with Crippen LogP contribution in [-0.2, 0) is 0 Å². The molecule has 0 amide bonds. The van der Waals surface area contributed by atoms with Crippen LogP contribution in [0, 0.1) is 0 Å². The minimum Gasteiger partial charge on any atom is -0.344 e. The van der Waals surface area contributed by atoms with E-state index in [-0.39, 0.29) is 25.4 Å². The molecule has 52 valence electrons. The minimum atomic E-state index is -2.57. The van der Waals surface area contributed by atoms with Crippen molar-refractivity contribution < 1.29 is 15.3 Å². The molecule has 0 aromatic heterocycles. The van der Waals surface area contributed by atoms with E-state index in [2.05, 4.69) is 0 Å². The molecule has 0 aliphatic heterocycles. The molecule has 0 unspecified atom stereocenters. The second kappa shape index (κ2) is 4.05. The van der Waals surface area contributed by atoms with E-state index in [9.17, 15) is 0 Å². The molecule has 0 aromatic rings. The zero-order valence-corrected chi connectivity index (χ0v) is 5.06. The first-order valence-corrected chi connectivity index (χ1v) is 1.93. The third kappa shape index (κ3) is 9.46. The molecule has 8 heavy (non-hydrogen) atoms. The van der Waals surface area contributed by atoms with Gasteiger partial charge in [-0.15, -0.1) is 12.4 Å². The lowest BCUT2D eigenvalue weighted by Gasteiger charge is -2.10. The van der Waals surface area contributed by atoms with Gasteiger partial charge in [-0.1, -0.05) is 0 Å². The lowest BCUT2D eigenvalue weighted by Crippen LogP contribution is -2.29. The summed E-state index contributed by atoms with van der Waals surface area (Å²) in [4.78, 5) is 0. The number of nitrogens with two attached hydrogens (primary N) is 1. The number of halogens is 1. The van der Waals surface area contributed by atoms with Gasteiger partial charge in [0.1, 0.15) is 0 Å². The Kier molecular flexibility index (Phi) is 5.57. The highest BCUT2D eigenvalue weighted by atomic mass is 35.5. The second-order valence-corrected chi connectivity index (χ2v) is 1.31. The van der Waals surface area contributed by atoms with Gasteiger partial charge in [-0.2, -0.15) is 0 Å². The van der Waals surface area contributed by atoms with E-state index in [1.807, 2.05) is 0 Å². The van der Waals surface area contributed by atoms with Crippen molar-refractivity contribution in [2.45, 2.75) is 12.4 Å². The van der Waals surface area contributed by atoms with Crippen molar-refractivity contribution in [1.29, 1.82) is 0 Å². The van der Waals surface area contributed by atoms with Gasteiger partial charge in [0.25, 0.3) is 5.97 Å². The third-order valence-electron chi connectivity index (χ3n) is 0.480. The average molecular weight is 144 g/mol. The summed E-state index contributed by atoms with van der Waals surface area (Å²) in [6.45, 7) is 0.0590. The summed E-state index contributed by atoms with van der Waals surface area (Å²) in [6.07, 6.45) is -0.215. The van der Waals surface area contributed by atoms with Crippen LogP contribution in [0.1, 0.15) is 6.42 Å². The average Bonchev–Trinajstić information content (AvgIpc) is 1.30. The highest BCUT2D eigenvalue weighted by Gasteiger charge is 2.14. The number of hydrogen-bond donors (Lipinski definition) is 4. The maximum Gasteiger partial charge on any atom is 0.276 e. The summed E-state index contributed by atoms with van der Waals surface area (Å²) in [5.74, 6) is -2.57. The molecule has 0 atom stereocenters. The molecule has 0 aromatic carbocycles. The molecule has 0 heterocycles. The van der Waals surface area contributed by atoms with Gasteiger partial charge in [0.15, 0.2) is 0 Å². The molecule has 0 spiro atoms. The zero-order valence-electron chi connectivity index (χ0n) is 4.24. The van der Waals surface area contributed by atoms with Crippen molar-refractivity contribution in [2.24, 2.45) is 5.73 Å². The fraction of sp³-hybridized carbons (Fsp3) is 1.00. The Morgan fingerprint density at radius 2 is 1.62 bits per heavy atom. The summed E-state index contributed by atoms with van der Waals surface area (Å²) in [6, 6.07) is 0. The Hall–Kier alpha value is 0.130. The van der Waals surface area contributed by atoms with Crippen LogP contribution in [0.4, 0.5) is 0 Å². The van der Waals surface area contributed by atoms with Crippen molar-refractivity contribution in [3.8, 4) is 0 Å². The third-order valence-corrected chi connectivity index (χ3v) is 0.480. The first-order chi connectivity index (χ1) is 3.06. The van der Waals surface area contributed by atoms with Gasteiger partial charge < -0.3 is 21.1 Å². The van der Waals surface area contributed by atoms with Crippen molar-refractivity contribution in [3.05, 3.63) is 0 Å². The van der Waals surface area contributed by atoms with Gasteiger partial charge in [-0.3, -0.25) is 0 Å². The van der Waals surface area contributed by atoms with E-state index < -0.39 is 5.97 Å². The summed E-state index contributed by atoms with van der Waals surface area (Å²) in [7, 11) is 0. The fourth-order valence-electron chi connectivity index (χ4n) is 0.194. The molecule has 0 radical (unpaired) electrons. The Labute approximate surface area is 53.3 Å². The minimum absolute atomic E-state index is 0. The van der Waals surface area contributed by atoms with Gasteiger partial charge in [0.05, 0.1) is 0 Å². The second-order valence-electron chi connectivity index (χ2n) is 1.31. The number of hydrogen-bond acceptors (Lipinski definition) is 4. The van der Waals surface area contributed by atoms with Crippen molar-refractivity contribution in [2.75, 3.05) is 6.54 Å². The van der Waals surface area contributed by atoms with E-state index in [1.165, 1.54) is 0 Å². The van der Waals surface area contributed by atoms with Crippen LogP contribution in [0.5, 0.6) is 0 Å². The topological polar surface area (TPSA) is 86.7 Å². The molecule has 0 saturated carbocycles. The molecular weight excluding hydrogens is 133 g/mol. The van der Waals surface area contributed by atoms with Crippen LogP contribution in [-0.4, -0.2) is 27.8 Å². The van der Waals surface area contributed by atoms with E-state index in [0.717, 1.165) is 0 Å². The number of aliphatic hydroxyl groups is 3. The predicted octanol–water partition coefficient (Wildman–Crippen LogP) is -1.61. The normalized spacial score (nSPS) is 10.5. The first kappa shape index (κ1) is 11.0. The van der Waals surface area contributed by atoms with Gasteiger partial charge >= 0.3 is 0 Å². The van der Waals surface area contributed by atoms with Gasteiger partial charge in [-0.25, -0.2) is 0 Å². The maximum atomic E-state index is 8.05. The van der Waals surface area contributed by atoms with Crippen LogP contribution in [0.3, 0.4) is 0 Å². The Balaban J connectivity index is 0. The number of rotatable bonds is 2. The van der Waals surface area contributed by atoms with Crippen molar-refractivity contribution in [1.82, 2.24) is 0 Å². The molecule has 5 N–H and O–H groups in total. The molecule has 0 rings (SSSR count). The highest BCUT2D eigenvalue weighted by molar-refractivity contribution is 5.85. The molecule has 0 bridgehead atoms. The Morgan fingerprint density at radius 3 is 1.62 bits per heavy atom. The maximum absolute atomic E-state index is 8.05. The lowest BCUT2D eigenvalue weighted by atomic mass is 10.4. The monoisotopic (exact) mass is 143 g/mol. The van der Waals surface area contributed by atoms with E-state index in [1.54, 1.807) is 0 Å². The smallest absolute Gasteiger partial charge is 0.276 e. The van der Waals surface area contributed by atoms with E-state index >= 15 is 0 Å². The molecule has 0 saturated heterocycles.